The normalized spacial score (nSPS) is 14.0. The van der Waals surface area contributed by atoms with Gasteiger partial charge in [0.15, 0.2) is 0 Å². The van der Waals surface area contributed by atoms with Crippen molar-refractivity contribution in [1.82, 2.24) is 25.3 Å². The van der Waals surface area contributed by atoms with Crippen LogP contribution >= 0.6 is 0 Å². The Morgan fingerprint density at radius 1 is 1.50 bits per heavy atom. The molecule has 2 atom stereocenters. The molecule has 2 rings (SSSR count). The van der Waals surface area contributed by atoms with E-state index in [-0.39, 0.29) is 18.1 Å². The zero-order valence-electron chi connectivity index (χ0n) is 12.0. The largest absolute Gasteiger partial charge is 0.380 e. The average molecular weight is 277 g/mol. The number of nitrogens with zero attached hydrogens (tertiary/aromatic N) is 3. The van der Waals surface area contributed by atoms with Crippen LogP contribution in [0.2, 0.25) is 0 Å². The molecule has 0 aromatic carbocycles. The Kier molecular flexibility index (Phi) is 4.19. The molecule has 2 N–H and O–H groups in total. The van der Waals surface area contributed by atoms with Crippen LogP contribution in [-0.4, -0.2) is 45.1 Å². The molecule has 2 aromatic heterocycles. The number of aryl methyl sites for hydroxylation is 1. The first-order valence-corrected chi connectivity index (χ1v) is 6.40. The number of rotatable bonds is 5. The maximum Gasteiger partial charge on any atom is 0.255 e. The lowest BCUT2D eigenvalue weighted by Gasteiger charge is -2.19. The molecule has 0 bridgehead atoms. The third-order valence-electron chi connectivity index (χ3n) is 3.29. The van der Waals surface area contributed by atoms with Crippen molar-refractivity contribution in [1.29, 1.82) is 0 Å². The van der Waals surface area contributed by atoms with Gasteiger partial charge in [0.25, 0.3) is 5.91 Å². The van der Waals surface area contributed by atoms with E-state index in [1.165, 1.54) is 6.20 Å². The first-order valence-electron chi connectivity index (χ1n) is 6.40. The number of carbonyl (C=O) groups is 1. The number of aromatic nitrogens is 4. The first kappa shape index (κ1) is 14.3. The lowest BCUT2D eigenvalue weighted by atomic mass is 10.1. The highest BCUT2D eigenvalue weighted by molar-refractivity contribution is 5.99. The predicted molar refractivity (Wildman–Crippen MR) is 74.2 cm³/mol. The average Bonchev–Trinajstić information content (AvgIpc) is 3.05. The molecule has 0 aliphatic rings. The molecule has 7 nitrogen and oxygen atoms in total. The highest BCUT2D eigenvalue weighted by Crippen LogP contribution is 2.18. The number of carbonyl (C=O) groups excluding carboxylic acids is 1. The van der Waals surface area contributed by atoms with Crippen molar-refractivity contribution < 1.29 is 9.53 Å². The Balaban J connectivity index is 2.18. The van der Waals surface area contributed by atoms with Crippen molar-refractivity contribution in [2.24, 2.45) is 7.05 Å². The van der Waals surface area contributed by atoms with Crippen molar-refractivity contribution in [2.75, 3.05) is 7.11 Å². The smallest absolute Gasteiger partial charge is 0.255 e. The van der Waals surface area contributed by atoms with Crippen LogP contribution in [0.4, 0.5) is 0 Å². The number of nitrogens with one attached hydrogen (secondary N) is 2. The second-order valence-corrected chi connectivity index (χ2v) is 4.74. The van der Waals surface area contributed by atoms with Crippen LogP contribution in [0.3, 0.4) is 0 Å². The lowest BCUT2D eigenvalue weighted by Crippen LogP contribution is -2.40. The predicted octanol–water partition coefficient (Wildman–Crippen LogP) is 0.963. The van der Waals surface area contributed by atoms with Gasteiger partial charge in [-0.1, -0.05) is 0 Å². The second kappa shape index (κ2) is 5.87. The van der Waals surface area contributed by atoms with Gasteiger partial charge in [-0.05, 0) is 19.9 Å². The highest BCUT2D eigenvalue weighted by Gasteiger charge is 2.20. The van der Waals surface area contributed by atoms with E-state index in [0.717, 1.165) is 0 Å². The number of methoxy groups -OCH3 is 1. The molecular formula is C13H19N5O2. The van der Waals surface area contributed by atoms with Gasteiger partial charge in [0.05, 0.1) is 29.6 Å². The number of amides is 1. The van der Waals surface area contributed by atoms with Gasteiger partial charge in [0.1, 0.15) is 5.69 Å². The molecule has 0 fully saturated rings. The molecule has 0 aliphatic carbocycles. The first-order chi connectivity index (χ1) is 9.52. The molecule has 0 radical (unpaired) electrons. The van der Waals surface area contributed by atoms with E-state index in [0.29, 0.717) is 17.0 Å². The van der Waals surface area contributed by atoms with Crippen LogP contribution in [-0.2, 0) is 11.8 Å². The number of H-pyrrole nitrogens is 1. The van der Waals surface area contributed by atoms with Crippen molar-refractivity contribution in [2.45, 2.75) is 26.0 Å². The molecule has 0 saturated heterocycles. The molecule has 2 aromatic rings. The Labute approximate surface area is 117 Å². The minimum atomic E-state index is -0.198. The molecule has 108 valence electrons. The standard InChI is InChI=1S/C13H19N5O2/c1-8(9(2)20-4)15-13(19)10-7-14-16-12(10)11-5-6-18(3)17-11/h5-9H,1-4H3,(H,14,16)(H,15,19)/t8-,9?/m0/s1. The van der Waals surface area contributed by atoms with Crippen LogP contribution in [0.25, 0.3) is 11.4 Å². The summed E-state index contributed by atoms with van der Waals surface area (Å²) >= 11 is 0. The van der Waals surface area contributed by atoms with Crippen molar-refractivity contribution >= 4 is 5.91 Å². The van der Waals surface area contributed by atoms with Gasteiger partial charge < -0.3 is 10.1 Å². The molecule has 1 unspecified atom stereocenters. The van der Waals surface area contributed by atoms with Gasteiger partial charge in [-0.3, -0.25) is 14.6 Å². The molecule has 0 spiro atoms. The van der Waals surface area contributed by atoms with E-state index in [1.807, 2.05) is 33.2 Å². The van der Waals surface area contributed by atoms with Crippen LogP contribution in [0, 0.1) is 0 Å². The number of hydrogen-bond donors (Lipinski definition) is 2. The molecule has 0 saturated carbocycles. The summed E-state index contributed by atoms with van der Waals surface area (Å²) in [7, 11) is 3.44. The zero-order chi connectivity index (χ0) is 14.7. The van der Waals surface area contributed by atoms with Crippen molar-refractivity contribution in [3.63, 3.8) is 0 Å². The summed E-state index contributed by atoms with van der Waals surface area (Å²) in [5, 5.41) is 13.9. The van der Waals surface area contributed by atoms with Gasteiger partial charge in [-0.15, -0.1) is 0 Å². The van der Waals surface area contributed by atoms with E-state index in [4.69, 9.17) is 4.74 Å². The monoisotopic (exact) mass is 277 g/mol. The zero-order valence-corrected chi connectivity index (χ0v) is 12.0. The van der Waals surface area contributed by atoms with E-state index in [1.54, 1.807) is 11.8 Å². The Bertz CT molecular complexity index is 589. The molecule has 2 heterocycles. The summed E-state index contributed by atoms with van der Waals surface area (Å²) in [6, 6.07) is 1.73. The SMILES string of the molecule is COC(C)[C@H](C)NC(=O)c1cn[nH]c1-c1ccn(C)n1. The van der Waals surface area contributed by atoms with Crippen molar-refractivity contribution in [3.8, 4) is 11.4 Å². The van der Waals surface area contributed by atoms with Crippen LogP contribution in [0.5, 0.6) is 0 Å². The minimum Gasteiger partial charge on any atom is -0.380 e. The molecule has 7 heteroatoms. The minimum absolute atomic E-state index is 0.0656. The fraction of sp³-hybridized carbons (Fsp3) is 0.462. The maximum absolute atomic E-state index is 12.3. The fourth-order valence-corrected chi connectivity index (χ4v) is 1.81. The summed E-state index contributed by atoms with van der Waals surface area (Å²) in [6.45, 7) is 3.80. The summed E-state index contributed by atoms with van der Waals surface area (Å²) in [5.74, 6) is -0.198. The Morgan fingerprint density at radius 3 is 2.85 bits per heavy atom. The molecule has 20 heavy (non-hydrogen) atoms. The summed E-state index contributed by atoms with van der Waals surface area (Å²) in [5.41, 5.74) is 1.77. The third kappa shape index (κ3) is 2.88. The summed E-state index contributed by atoms with van der Waals surface area (Å²) in [4.78, 5) is 12.3. The highest BCUT2D eigenvalue weighted by atomic mass is 16.5. The number of ether oxygens (including phenoxy) is 1. The Hall–Kier alpha value is -2.15. The summed E-state index contributed by atoms with van der Waals surface area (Å²) < 4.78 is 6.87. The fourth-order valence-electron chi connectivity index (χ4n) is 1.81. The third-order valence-corrected chi connectivity index (χ3v) is 3.29. The number of aromatic amines is 1. The molecular weight excluding hydrogens is 258 g/mol. The van der Waals surface area contributed by atoms with Crippen LogP contribution in [0.1, 0.15) is 24.2 Å². The van der Waals surface area contributed by atoms with E-state index in [2.05, 4.69) is 20.6 Å². The van der Waals surface area contributed by atoms with E-state index in [9.17, 15) is 4.79 Å². The van der Waals surface area contributed by atoms with Gasteiger partial charge in [-0.2, -0.15) is 10.2 Å². The van der Waals surface area contributed by atoms with Gasteiger partial charge in [-0.25, -0.2) is 0 Å². The van der Waals surface area contributed by atoms with Gasteiger partial charge >= 0.3 is 0 Å². The van der Waals surface area contributed by atoms with Crippen molar-refractivity contribution in [3.05, 3.63) is 24.0 Å². The second-order valence-electron chi connectivity index (χ2n) is 4.74. The number of hydrogen-bond acceptors (Lipinski definition) is 4. The topological polar surface area (TPSA) is 84.8 Å². The quantitative estimate of drug-likeness (QED) is 0.852. The van der Waals surface area contributed by atoms with Crippen LogP contribution < -0.4 is 5.32 Å². The van der Waals surface area contributed by atoms with Crippen LogP contribution in [0.15, 0.2) is 18.5 Å². The summed E-state index contributed by atoms with van der Waals surface area (Å²) in [6.07, 6.45) is 3.25. The van der Waals surface area contributed by atoms with Gasteiger partial charge in [0.2, 0.25) is 0 Å². The molecule has 0 aliphatic heterocycles. The Morgan fingerprint density at radius 2 is 2.25 bits per heavy atom. The van der Waals surface area contributed by atoms with Gasteiger partial charge in [0, 0.05) is 20.4 Å². The lowest BCUT2D eigenvalue weighted by molar-refractivity contribution is 0.0736. The van der Waals surface area contributed by atoms with E-state index < -0.39 is 0 Å². The molecule has 1 amide bonds. The van der Waals surface area contributed by atoms with E-state index >= 15 is 0 Å². The maximum atomic E-state index is 12.3.